The Bertz CT molecular complexity index is 482. The lowest BCUT2D eigenvalue weighted by atomic mass is 9.76. The Morgan fingerprint density at radius 1 is 1.26 bits per heavy atom. The fourth-order valence-corrected chi connectivity index (χ4v) is 2.98. The number of allylic oxidation sites excluding steroid dienone is 4. The number of likely N-dealkylation sites (N-methyl/N-ethyl adjacent to an activating group) is 1. The quantitative estimate of drug-likeness (QED) is 0.733. The van der Waals surface area contributed by atoms with E-state index in [1.807, 2.05) is 0 Å². The normalized spacial score (nSPS) is 23.9. The van der Waals surface area contributed by atoms with Gasteiger partial charge in [-0.15, -0.1) is 0 Å². The molecule has 1 nitrogen and oxygen atoms in total. The molecule has 0 saturated heterocycles. The van der Waals surface area contributed by atoms with E-state index in [4.69, 9.17) is 0 Å². The van der Waals surface area contributed by atoms with E-state index < -0.39 is 0 Å². The van der Waals surface area contributed by atoms with Gasteiger partial charge in [0, 0.05) is 12.0 Å². The van der Waals surface area contributed by atoms with Gasteiger partial charge in [0.15, 0.2) is 0 Å². The zero-order chi connectivity index (χ0) is 13.8. The molecule has 0 amide bonds. The minimum Gasteiger partial charge on any atom is -0.306 e. The fraction of sp³-hybridized carbons (Fsp3) is 0.444. The first-order valence-electron chi connectivity index (χ1n) is 7.17. The molecule has 1 aromatic carbocycles. The van der Waals surface area contributed by atoms with Gasteiger partial charge in [-0.2, -0.15) is 0 Å². The molecule has 1 aromatic rings. The van der Waals surface area contributed by atoms with Crippen molar-refractivity contribution in [2.75, 3.05) is 14.1 Å². The second kappa shape index (κ2) is 6.21. The Morgan fingerprint density at radius 3 is 2.68 bits per heavy atom. The van der Waals surface area contributed by atoms with E-state index in [-0.39, 0.29) is 0 Å². The molecule has 0 spiro atoms. The van der Waals surface area contributed by atoms with E-state index >= 15 is 0 Å². The molecule has 102 valence electrons. The van der Waals surface area contributed by atoms with Crippen LogP contribution >= 0.6 is 0 Å². The molecule has 2 unspecified atom stereocenters. The number of rotatable bonds is 3. The predicted molar refractivity (Wildman–Crippen MR) is 83.6 cm³/mol. The molecule has 1 heteroatoms. The molecular formula is C18H25N. The van der Waals surface area contributed by atoms with Gasteiger partial charge in [0.25, 0.3) is 0 Å². The summed E-state index contributed by atoms with van der Waals surface area (Å²) in [5, 5.41) is 0. The van der Waals surface area contributed by atoms with Crippen LogP contribution in [-0.2, 0) is 6.42 Å². The van der Waals surface area contributed by atoms with Crippen molar-refractivity contribution >= 4 is 0 Å². The third-order valence-electron chi connectivity index (χ3n) is 4.23. The van der Waals surface area contributed by atoms with Gasteiger partial charge in [-0.1, -0.05) is 48.1 Å². The van der Waals surface area contributed by atoms with E-state index in [0.717, 1.165) is 0 Å². The van der Waals surface area contributed by atoms with Crippen molar-refractivity contribution in [2.24, 2.45) is 0 Å². The standard InChI is InChI=1S/C18H25N/c1-5-6-9-14(2)18-13-16(19(3)4)12-15-10-7-8-11-17(15)18/h5-11,16,18H,12-13H2,1-4H3/b6-5-,14-9+. The van der Waals surface area contributed by atoms with Crippen LogP contribution in [0.5, 0.6) is 0 Å². The van der Waals surface area contributed by atoms with Gasteiger partial charge in [-0.3, -0.25) is 0 Å². The first kappa shape index (κ1) is 14.1. The smallest absolute Gasteiger partial charge is 0.0139 e. The number of benzene rings is 1. The molecule has 0 bridgehead atoms. The number of hydrogen-bond acceptors (Lipinski definition) is 1. The highest BCUT2D eigenvalue weighted by Crippen LogP contribution is 2.37. The Morgan fingerprint density at radius 2 is 2.00 bits per heavy atom. The minimum atomic E-state index is 0.563. The molecule has 2 rings (SSSR count). The summed E-state index contributed by atoms with van der Waals surface area (Å²) in [5.74, 6) is 0.563. The van der Waals surface area contributed by atoms with Crippen LogP contribution in [0.3, 0.4) is 0 Å². The van der Waals surface area contributed by atoms with Crippen molar-refractivity contribution in [2.45, 2.75) is 38.6 Å². The highest BCUT2D eigenvalue weighted by molar-refractivity contribution is 5.39. The predicted octanol–water partition coefficient (Wildman–Crippen LogP) is 4.17. The molecule has 2 atom stereocenters. The second-order valence-corrected chi connectivity index (χ2v) is 5.75. The summed E-state index contributed by atoms with van der Waals surface area (Å²) in [4.78, 5) is 2.37. The molecule has 19 heavy (non-hydrogen) atoms. The van der Waals surface area contributed by atoms with E-state index in [1.165, 1.54) is 29.5 Å². The zero-order valence-electron chi connectivity index (χ0n) is 12.6. The lowest BCUT2D eigenvalue weighted by Crippen LogP contribution is -2.35. The van der Waals surface area contributed by atoms with Gasteiger partial charge in [-0.25, -0.2) is 0 Å². The third kappa shape index (κ3) is 3.16. The summed E-state index contributed by atoms with van der Waals surface area (Å²) >= 11 is 0. The fourth-order valence-electron chi connectivity index (χ4n) is 2.98. The maximum absolute atomic E-state index is 2.37. The molecule has 0 fully saturated rings. The van der Waals surface area contributed by atoms with Gasteiger partial charge >= 0.3 is 0 Å². The molecule has 0 aliphatic heterocycles. The topological polar surface area (TPSA) is 3.24 Å². The molecule has 0 heterocycles. The maximum Gasteiger partial charge on any atom is 0.0139 e. The molecule has 1 aliphatic rings. The summed E-state index contributed by atoms with van der Waals surface area (Å²) in [6, 6.07) is 9.58. The first-order chi connectivity index (χ1) is 9.13. The van der Waals surface area contributed by atoms with Crippen LogP contribution in [0.15, 0.2) is 48.1 Å². The maximum atomic E-state index is 2.37. The van der Waals surface area contributed by atoms with Gasteiger partial charge < -0.3 is 4.90 Å². The van der Waals surface area contributed by atoms with Crippen molar-refractivity contribution in [1.29, 1.82) is 0 Å². The average Bonchev–Trinajstić information content (AvgIpc) is 2.43. The second-order valence-electron chi connectivity index (χ2n) is 5.75. The van der Waals surface area contributed by atoms with Crippen molar-refractivity contribution in [1.82, 2.24) is 4.90 Å². The molecule has 0 saturated carbocycles. The highest BCUT2D eigenvalue weighted by Gasteiger charge is 2.28. The van der Waals surface area contributed by atoms with Gasteiger partial charge in [-0.05, 0) is 51.9 Å². The van der Waals surface area contributed by atoms with Crippen LogP contribution in [0.2, 0.25) is 0 Å². The van der Waals surface area contributed by atoms with Crippen LogP contribution < -0.4 is 0 Å². The number of nitrogens with zero attached hydrogens (tertiary/aromatic N) is 1. The first-order valence-corrected chi connectivity index (χ1v) is 7.17. The minimum absolute atomic E-state index is 0.563. The summed E-state index contributed by atoms with van der Waals surface area (Å²) in [5.41, 5.74) is 4.52. The largest absolute Gasteiger partial charge is 0.306 e. The summed E-state index contributed by atoms with van der Waals surface area (Å²) in [6.07, 6.45) is 8.92. The molecule has 0 N–H and O–H groups in total. The van der Waals surface area contributed by atoms with Gasteiger partial charge in [0.05, 0.1) is 0 Å². The zero-order valence-corrected chi connectivity index (χ0v) is 12.6. The summed E-state index contributed by atoms with van der Waals surface area (Å²) in [6.45, 7) is 4.33. The Balaban J connectivity index is 2.36. The number of hydrogen-bond donors (Lipinski definition) is 0. The van der Waals surface area contributed by atoms with Gasteiger partial charge in [0.1, 0.15) is 0 Å². The Labute approximate surface area is 117 Å². The lowest BCUT2D eigenvalue weighted by molar-refractivity contribution is 0.257. The van der Waals surface area contributed by atoms with Crippen molar-refractivity contribution in [3.05, 3.63) is 59.2 Å². The van der Waals surface area contributed by atoms with Crippen LogP contribution in [0, 0.1) is 0 Å². The number of fused-ring (bicyclic) bond motifs is 1. The monoisotopic (exact) mass is 255 g/mol. The van der Waals surface area contributed by atoms with E-state index in [1.54, 1.807) is 0 Å². The van der Waals surface area contributed by atoms with Gasteiger partial charge in [0.2, 0.25) is 0 Å². The third-order valence-corrected chi connectivity index (χ3v) is 4.23. The summed E-state index contributed by atoms with van der Waals surface area (Å²) in [7, 11) is 4.39. The molecule has 1 aliphatic carbocycles. The van der Waals surface area contributed by atoms with Crippen LogP contribution in [0.1, 0.15) is 37.3 Å². The lowest BCUT2D eigenvalue weighted by Gasteiger charge is -2.35. The van der Waals surface area contributed by atoms with Crippen molar-refractivity contribution < 1.29 is 0 Å². The van der Waals surface area contributed by atoms with Crippen molar-refractivity contribution in [3.63, 3.8) is 0 Å². The van der Waals surface area contributed by atoms with Crippen LogP contribution in [-0.4, -0.2) is 25.0 Å². The van der Waals surface area contributed by atoms with E-state index in [0.29, 0.717) is 12.0 Å². The highest BCUT2D eigenvalue weighted by atomic mass is 15.1. The van der Waals surface area contributed by atoms with Crippen LogP contribution in [0.4, 0.5) is 0 Å². The Hall–Kier alpha value is -1.34. The van der Waals surface area contributed by atoms with Crippen molar-refractivity contribution in [3.8, 4) is 0 Å². The SMILES string of the molecule is C/C=C\C=C(/C)C1CC(N(C)C)Cc2ccccc21. The molecule has 0 radical (unpaired) electrons. The van der Waals surface area contributed by atoms with E-state index in [2.05, 4.69) is 75.3 Å². The molecular weight excluding hydrogens is 230 g/mol. The van der Waals surface area contributed by atoms with E-state index in [9.17, 15) is 0 Å². The summed E-state index contributed by atoms with van der Waals surface area (Å²) < 4.78 is 0. The molecule has 0 aromatic heterocycles. The van der Waals surface area contributed by atoms with Crippen LogP contribution in [0.25, 0.3) is 0 Å². The average molecular weight is 255 g/mol. The Kier molecular flexibility index (Phi) is 4.60.